The minimum absolute atomic E-state index is 0.673. The molecule has 0 saturated carbocycles. The fourth-order valence-corrected chi connectivity index (χ4v) is 1.01. The van der Waals surface area contributed by atoms with E-state index in [0.717, 1.165) is 0 Å². The lowest BCUT2D eigenvalue weighted by molar-refractivity contribution is 0.115. The van der Waals surface area contributed by atoms with Crippen LogP contribution in [0.4, 0.5) is 0 Å². The number of hydrogen-bond acceptors (Lipinski definition) is 1. The summed E-state index contributed by atoms with van der Waals surface area (Å²) >= 11 is 0. The van der Waals surface area contributed by atoms with Crippen LogP contribution < -0.4 is 0 Å². The van der Waals surface area contributed by atoms with Crippen LogP contribution >= 0.6 is 0 Å². The van der Waals surface area contributed by atoms with Crippen LogP contribution in [0.1, 0.15) is 20.3 Å². The van der Waals surface area contributed by atoms with Crippen molar-refractivity contribution in [3.63, 3.8) is 0 Å². The van der Waals surface area contributed by atoms with Gasteiger partial charge in [-0.3, -0.25) is 0 Å². The van der Waals surface area contributed by atoms with Gasteiger partial charge in [-0.1, -0.05) is 36.0 Å². The molecular formula is C10H14O. The van der Waals surface area contributed by atoms with Gasteiger partial charge in [-0.15, -0.1) is 0 Å². The minimum atomic E-state index is -0.673. The molecule has 0 radical (unpaired) electrons. The molecule has 0 fully saturated rings. The molecule has 0 aliphatic heterocycles. The maximum Gasteiger partial charge on any atom is 0.0837 e. The average molecular weight is 150 g/mol. The molecule has 0 aromatic rings. The highest BCUT2D eigenvalue weighted by Crippen LogP contribution is 2.15. The van der Waals surface area contributed by atoms with Crippen LogP contribution in [0.3, 0.4) is 0 Å². The summed E-state index contributed by atoms with van der Waals surface area (Å²) in [6, 6.07) is 0. The van der Waals surface area contributed by atoms with Crippen LogP contribution in [-0.2, 0) is 0 Å². The van der Waals surface area contributed by atoms with Gasteiger partial charge in [0.1, 0.15) is 0 Å². The van der Waals surface area contributed by atoms with E-state index in [1.54, 1.807) is 0 Å². The fourth-order valence-electron chi connectivity index (χ4n) is 1.01. The van der Waals surface area contributed by atoms with Gasteiger partial charge in [0.05, 0.1) is 5.60 Å². The summed E-state index contributed by atoms with van der Waals surface area (Å²) in [6.45, 7) is 3.85. The molecule has 0 unspecified atom stereocenters. The van der Waals surface area contributed by atoms with Gasteiger partial charge < -0.3 is 5.11 Å². The highest BCUT2D eigenvalue weighted by Gasteiger charge is 2.13. The molecule has 1 rings (SSSR count). The van der Waals surface area contributed by atoms with Crippen molar-refractivity contribution in [2.75, 3.05) is 0 Å². The van der Waals surface area contributed by atoms with E-state index in [1.165, 1.54) is 5.57 Å². The monoisotopic (exact) mass is 150 g/mol. The normalized spacial score (nSPS) is 41.5. The fraction of sp³-hybridized carbons (Fsp3) is 0.400. The summed E-state index contributed by atoms with van der Waals surface area (Å²) in [6.07, 6.45) is 10.4. The number of hydrogen-bond donors (Lipinski definition) is 1. The van der Waals surface area contributed by atoms with E-state index in [1.807, 2.05) is 44.2 Å². The van der Waals surface area contributed by atoms with Gasteiger partial charge in [-0.05, 0) is 20.3 Å². The van der Waals surface area contributed by atoms with E-state index >= 15 is 0 Å². The molecule has 60 valence electrons. The summed E-state index contributed by atoms with van der Waals surface area (Å²) in [5.74, 6) is 0. The highest BCUT2D eigenvalue weighted by atomic mass is 16.3. The van der Waals surface area contributed by atoms with Crippen molar-refractivity contribution < 1.29 is 5.11 Å². The quantitative estimate of drug-likeness (QED) is 0.561. The van der Waals surface area contributed by atoms with E-state index in [2.05, 4.69) is 0 Å². The summed E-state index contributed by atoms with van der Waals surface area (Å²) < 4.78 is 0. The zero-order valence-electron chi connectivity index (χ0n) is 7.04. The van der Waals surface area contributed by atoms with E-state index in [0.29, 0.717) is 6.42 Å². The Hall–Kier alpha value is -0.820. The van der Waals surface area contributed by atoms with Crippen molar-refractivity contribution in [3.8, 4) is 0 Å². The third kappa shape index (κ3) is 2.72. The summed E-state index contributed by atoms with van der Waals surface area (Å²) in [7, 11) is 0. The zero-order chi connectivity index (χ0) is 8.32. The molecule has 1 nitrogen and oxygen atoms in total. The van der Waals surface area contributed by atoms with Crippen molar-refractivity contribution >= 4 is 0 Å². The second kappa shape index (κ2) is 3.05. The van der Waals surface area contributed by atoms with Crippen molar-refractivity contribution in [2.24, 2.45) is 0 Å². The largest absolute Gasteiger partial charge is 0.386 e. The molecule has 0 spiro atoms. The average Bonchev–Trinajstić information content (AvgIpc) is 1.83. The van der Waals surface area contributed by atoms with Gasteiger partial charge in [0, 0.05) is 0 Å². The number of rotatable bonds is 0. The topological polar surface area (TPSA) is 20.2 Å². The molecular weight excluding hydrogens is 136 g/mol. The highest BCUT2D eigenvalue weighted by molar-refractivity contribution is 5.25. The second-order valence-electron chi connectivity index (χ2n) is 3.23. The van der Waals surface area contributed by atoms with Gasteiger partial charge >= 0.3 is 0 Å². The zero-order valence-corrected chi connectivity index (χ0v) is 7.04. The molecule has 0 bridgehead atoms. The molecule has 1 aliphatic rings. The Morgan fingerprint density at radius 2 is 2.27 bits per heavy atom. The standard InChI is InChI=1S/C10H14O/c1-9-5-3-7-10(2,11)8-4-6-9/h3-7,11H,8H2,1-2H3/b6-4-,7-3-,9-5-/t10-/m1/s1. The van der Waals surface area contributed by atoms with Gasteiger partial charge in [-0.25, -0.2) is 0 Å². The Bertz CT molecular complexity index is 219. The third-order valence-corrected chi connectivity index (χ3v) is 1.73. The van der Waals surface area contributed by atoms with Crippen LogP contribution in [0.15, 0.2) is 36.0 Å². The van der Waals surface area contributed by atoms with Crippen LogP contribution in [0, 0.1) is 0 Å². The predicted molar refractivity (Wildman–Crippen MR) is 47.3 cm³/mol. The smallest absolute Gasteiger partial charge is 0.0837 e. The molecule has 0 amide bonds. The van der Waals surface area contributed by atoms with E-state index in [4.69, 9.17) is 0 Å². The van der Waals surface area contributed by atoms with E-state index in [9.17, 15) is 5.11 Å². The summed E-state index contributed by atoms with van der Waals surface area (Å²) in [4.78, 5) is 0. The number of allylic oxidation sites excluding steroid dienone is 4. The Labute approximate surface area is 67.7 Å². The first-order chi connectivity index (χ1) is 5.10. The van der Waals surface area contributed by atoms with Crippen molar-refractivity contribution in [1.29, 1.82) is 0 Å². The first-order valence-electron chi connectivity index (χ1n) is 3.85. The molecule has 1 heteroatoms. The van der Waals surface area contributed by atoms with Crippen molar-refractivity contribution in [2.45, 2.75) is 25.9 Å². The lowest BCUT2D eigenvalue weighted by atomic mass is 9.99. The number of aliphatic hydroxyl groups is 1. The van der Waals surface area contributed by atoms with Crippen molar-refractivity contribution in [1.82, 2.24) is 0 Å². The molecule has 1 N–H and O–H groups in total. The SMILES string of the molecule is CC1=C/C=C\[C@@](C)(O)C/C=C\1. The minimum Gasteiger partial charge on any atom is -0.386 e. The van der Waals surface area contributed by atoms with Crippen LogP contribution in [0.25, 0.3) is 0 Å². The lowest BCUT2D eigenvalue weighted by Crippen LogP contribution is -2.19. The van der Waals surface area contributed by atoms with E-state index < -0.39 is 5.60 Å². The first-order valence-corrected chi connectivity index (χ1v) is 3.85. The van der Waals surface area contributed by atoms with Gasteiger partial charge in [0.15, 0.2) is 0 Å². The Kier molecular flexibility index (Phi) is 2.30. The summed E-state index contributed by atoms with van der Waals surface area (Å²) in [5.41, 5.74) is 0.546. The Balaban J connectivity index is 2.82. The van der Waals surface area contributed by atoms with Crippen LogP contribution in [-0.4, -0.2) is 10.7 Å². The first kappa shape index (κ1) is 8.28. The molecule has 0 heterocycles. The molecule has 0 aromatic carbocycles. The van der Waals surface area contributed by atoms with Crippen LogP contribution in [0.5, 0.6) is 0 Å². The molecule has 0 saturated heterocycles. The second-order valence-corrected chi connectivity index (χ2v) is 3.23. The Morgan fingerprint density at radius 1 is 1.55 bits per heavy atom. The maximum absolute atomic E-state index is 9.60. The van der Waals surface area contributed by atoms with E-state index in [-0.39, 0.29) is 0 Å². The lowest BCUT2D eigenvalue weighted by Gasteiger charge is -2.16. The molecule has 1 atom stereocenters. The Morgan fingerprint density at radius 3 is 3.00 bits per heavy atom. The summed E-state index contributed by atoms with van der Waals surface area (Å²) in [5, 5.41) is 9.60. The van der Waals surface area contributed by atoms with Crippen LogP contribution in [0.2, 0.25) is 0 Å². The third-order valence-electron chi connectivity index (χ3n) is 1.73. The molecule has 11 heavy (non-hydrogen) atoms. The molecule has 1 aliphatic carbocycles. The maximum atomic E-state index is 9.60. The predicted octanol–water partition coefficient (Wildman–Crippen LogP) is 2.20. The van der Waals surface area contributed by atoms with Gasteiger partial charge in [-0.2, -0.15) is 0 Å². The van der Waals surface area contributed by atoms with Gasteiger partial charge in [0.2, 0.25) is 0 Å². The van der Waals surface area contributed by atoms with Gasteiger partial charge in [0.25, 0.3) is 0 Å². The molecule has 0 aromatic heterocycles. The van der Waals surface area contributed by atoms with Crippen molar-refractivity contribution in [3.05, 3.63) is 36.0 Å².